The molecule has 164 valence electrons. The van der Waals surface area contributed by atoms with Gasteiger partial charge in [0.15, 0.2) is 16.2 Å². The second-order valence-electron chi connectivity index (χ2n) is 7.06. The highest BCUT2D eigenvalue weighted by atomic mass is 32.2. The number of likely N-dealkylation sites (tertiary alicyclic amines) is 1. The van der Waals surface area contributed by atoms with Crippen molar-refractivity contribution >= 4 is 45.1 Å². The first-order valence-electron chi connectivity index (χ1n) is 9.77. The number of benzene rings is 1. The third kappa shape index (κ3) is 5.88. The second kappa shape index (κ2) is 10.5. The molecule has 11 heteroatoms. The van der Waals surface area contributed by atoms with Crippen LogP contribution in [0.4, 0.5) is 10.8 Å². The summed E-state index contributed by atoms with van der Waals surface area (Å²) in [5, 5.41) is 11.9. The number of hydrogen-bond acceptors (Lipinski definition) is 7. The Hall–Kier alpha value is -2.81. The molecule has 0 bridgehead atoms. The standard InChI is InChI=1S/C20H23N5O4S2/c1-14-18(19(27)22-13-31(28)29)23-20(30-14)25(16-7-5-15(11-21)6-8-16)12-17(26)24-9-3-2-4-10-24/h5-8H,2-4,9-10,12-13H2,1H3,(H,22,27)(H,28,29). The van der Waals surface area contributed by atoms with E-state index in [9.17, 15) is 13.8 Å². The fraction of sp³-hybridized carbons (Fsp3) is 0.400. The first-order chi connectivity index (χ1) is 14.9. The van der Waals surface area contributed by atoms with E-state index in [0.29, 0.717) is 21.3 Å². The number of amides is 2. The minimum atomic E-state index is -2.16. The predicted molar refractivity (Wildman–Crippen MR) is 119 cm³/mol. The van der Waals surface area contributed by atoms with E-state index in [1.54, 1.807) is 36.1 Å². The summed E-state index contributed by atoms with van der Waals surface area (Å²) < 4.78 is 19.7. The van der Waals surface area contributed by atoms with Crippen LogP contribution in [0.5, 0.6) is 0 Å². The van der Waals surface area contributed by atoms with E-state index in [4.69, 9.17) is 9.81 Å². The predicted octanol–water partition coefficient (Wildman–Crippen LogP) is 2.38. The van der Waals surface area contributed by atoms with Crippen LogP contribution in [-0.4, -0.2) is 56.0 Å². The molecule has 0 spiro atoms. The van der Waals surface area contributed by atoms with E-state index in [1.165, 1.54) is 11.3 Å². The molecule has 1 aliphatic rings. The summed E-state index contributed by atoms with van der Waals surface area (Å²) in [6, 6.07) is 8.89. The van der Waals surface area contributed by atoms with Gasteiger partial charge in [0.25, 0.3) is 5.91 Å². The number of thiazole rings is 1. The molecule has 2 amide bonds. The van der Waals surface area contributed by atoms with Crippen LogP contribution in [0.25, 0.3) is 0 Å². The monoisotopic (exact) mass is 461 g/mol. The third-order valence-corrected chi connectivity index (χ3v) is 6.28. The zero-order valence-corrected chi connectivity index (χ0v) is 18.7. The van der Waals surface area contributed by atoms with E-state index in [-0.39, 0.29) is 18.1 Å². The van der Waals surface area contributed by atoms with Crippen LogP contribution in [0.2, 0.25) is 0 Å². The first kappa shape index (κ1) is 22.9. The molecule has 1 aromatic heterocycles. The normalized spacial score (nSPS) is 14.5. The van der Waals surface area contributed by atoms with Crippen molar-refractivity contribution in [1.82, 2.24) is 15.2 Å². The summed E-state index contributed by atoms with van der Waals surface area (Å²) in [5.74, 6) is -0.971. The van der Waals surface area contributed by atoms with Crippen molar-refractivity contribution in [2.75, 3.05) is 30.4 Å². The van der Waals surface area contributed by atoms with Crippen molar-refractivity contribution in [3.63, 3.8) is 0 Å². The van der Waals surface area contributed by atoms with E-state index < -0.39 is 22.9 Å². The second-order valence-corrected chi connectivity index (χ2v) is 9.17. The zero-order valence-electron chi connectivity index (χ0n) is 17.0. The van der Waals surface area contributed by atoms with Gasteiger partial charge in [-0.1, -0.05) is 0 Å². The average Bonchev–Trinajstić information content (AvgIpc) is 3.17. The molecule has 2 heterocycles. The number of nitrogens with zero attached hydrogens (tertiary/aromatic N) is 4. The molecule has 31 heavy (non-hydrogen) atoms. The fourth-order valence-electron chi connectivity index (χ4n) is 3.28. The van der Waals surface area contributed by atoms with Crippen molar-refractivity contribution in [1.29, 1.82) is 5.26 Å². The van der Waals surface area contributed by atoms with Gasteiger partial charge in [-0.25, -0.2) is 9.19 Å². The van der Waals surface area contributed by atoms with Gasteiger partial charge in [-0.15, -0.1) is 11.3 Å². The Bertz CT molecular complexity index is 1010. The molecule has 1 aromatic carbocycles. The van der Waals surface area contributed by atoms with Gasteiger partial charge in [0, 0.05) is 23.7 Å². The van der Waals surface area contributed by atoms with Gasteiger partial charge in [0.05, 0.1) is 11.6 Å². The van der Waals surface area contributed by atoms with Gasteiger partial charge in [-0.2, -0.15) is 5.26 Å². The molecule has 0 radical (unpaired) electrons. The molecule has 3 rings (SSSR count). The van der Waals surface area contributed by atoms with E-state index in [1.807, 2.05) is 4.90 Å². The van der Waals surface area contributed by atoms with E-state index in [0.717, 1.165) is 32.4 Å². The number of carbonyl (C=O) groups excluding carboxylic acids is 2. The number of aryl methyl sites for hydroxylation is 1. The quantitative estimate of drug-likeness (QED) is 0.606. The molecule has 2 N–H and O–H groups in total. The number of aromatic nitrogens is 1. The summed E-state index contributed by atoms with van der Waals surface area (Å²) in [5.41, 5.74) is 1.33. The van der Waals surface area contributed by atoms with E-state index in [2.05, 4.69) is 16.4 Å². The topological polar surface area (TPSA) is 127 Å². The van der Waals surface area contributed by atoms with E-state index >= 15 is 0 Å². The summed E-state index contributed by atoms with van der Waals surface area (Å²) in [7, 11) is 0. The van der Waals surface area contributed by atoms with Crippen LogP contribution in [-0.2, 0) is 15.9 Å². The fourth-order valence-corrected chi connectivity index (χ4v) is 4.46. The third-order valence-electron chi connectivity index (χ3n) is 4.90. The Labute approximate surface area is 187 Å². The Morgan fingerprint density at radius 2 is 1.97 bits per heavy atom. The Morgan fingerprint density at radius 1 is 1.29 bits per heavy atom. The maximum absolute atomic E-state index is 12.9. The van der Waals surface area contributed by atoms with Crippen LogP contribution in [0.15, 0.2) is 24.3 Å². The molecule has 0 saturated carbocycles. The largest absolute Gasteiger partial charge is 0.341 e. The molecule has 9 nitrogen and oxygen atoms in total. The minimum Gasteiger partial charge on any atom is -0.341 e. The lowest BCUT2D eigenvalue weighted by Gasteiger charge is -2.30. The number of carbonyl (C=O) groups is 2. The number of hydrogen-bond donors (Lipinski definition) is 2. The van der Waals surface area contributed by atoms with Gasteiger partial charge in [-0.3, -0.25) is 9.59 Å². The summed E-state index contributed by atoms with van der Waals surface area (Å²) in [4.78, 5) is 33.9. The summed E-state index contributed by atoms with van der Waals surface area (Å²) >= 11 is -0.897. The maximum Gasteiger partial charge on any atom is 0.271 e. The molecule has 1 aliphatic heterocycles. The zero-order chi connectivity index (χ0) is 22.4. The molecule has 1 fully saturated rings. The van der Waals surface area contributed by atoms with Gasteiger partial charge in [-0.05, 0) is 50.5 Å². The summed E-state index contributed by atoms with van der Waals surface area (Å²) in [6.07, 6.45) is 3.08. The van der Waals surface area contributed by atoms with Gasteiger partial charge in [0.2, 0.25) is 5.91 Å². The number of nitrogens with one attached hydrogen (secondary N) is 1. The lowest BCUT2D eigenvalue weighted by Crippen LogP contribution is -2.41. The lowest BCUT2D eigenvalue weighted by molar-refractivity contribution is -0.130. The number of rotatable bonds is 7. The molecule has 0 aliphatic carbocycles. The highest BCUT2D eigenvalue weighted by Crippen LogP contribution is 2.32. The van der Waals surface area contributed by atoms with Crippen LogP contribution in [0.3, 0.4) is 0 Å². The molecule has 1 saturated heterocycles. The summed E-state index contributed by atoms with van der Waals surface area (Å²) in [6.45, 7) is 3.24. The number of anilines is 2. The number of nitriles is 1. The molecular weight excluding hydrogens is 438 g/mol. The highest BCUT2D eigenvalue weighted by Gasteiger charge is 2.25. The van der Waals surface area contributed by atoms with Crippen molar-refractivity contribution < 1.29 is 18.4 Å². The molecule has 1 unspecified atom stereocenters. The van der Waals surface area contributed by atoms with Crippen molar-refractivity contribution in [3.8, 4) is 6.07 Å². The van der Waals surface area contributed by atoms with Crippen LogP contribution in [0, 0.1) is 18.3 Å². The smallest absolute Gasteiger partial charge is 0.271 e. The van der Waals surface area contributed by atoms with Crippen molar-refractivity contribution in [2.45, 2.75) is 26.2 Å². The SMILES string of the molecule is Cc1sc(N(CC(=O)N2CCCCC2)c2ccc(C#N)cc2)nc1C(=O)NCS(=O)O. The lowest BCUT2D eigenvalue weighted by atomic mass is 10.1. The molecular formula is C20H23N5O4S2. The average molecular weight is 462 g/mol. The van der Waals surface area contributed by atoms with Crippen LogP contribution >= 0.6 is 11.3 Å². The Balaban J connectivity index is 1.89. The molecule has 1 atom stereocenters. The maximum atomic E-state index is 12.9. The van der Waals surface area contributed by atoms with Gasteiger partial charge >= 0.3 is 0 Å². The number of piperidine rings is 1. The van der Waals surface area contributed by atoms with Gasteiger partial charge < -0.3 is 19.7 Å². The van der Waals surface area contributed by atoms with Crippen molar-refractivity contribution in [3.05, 3.63) is 40.4 Å². The van der Waals surface area contributed by atoms with Crippen LogP contribution in [0.1, 0.15) is 40.2 Å². The van der Waals surface area contributed by atoms with Crippen LogP contribution < -0.4 is 10.2 Å². The minimum absolute atomic E-state index is 0.0291. The van der Waals surface area contributed by atoms with Gasteiger partial charge in [0.1, 0.15) is 18.1 Å². The highest BCUT2D eigenvalue weighted by molar-refractivity contribution is 7.79. The Kier molecular flexibility index (Phi) is 7.73. The Morgan fingerprint density at radius 3 is 2.58 bits per heavy atom. The first-order valence-corrected chi connectivity index (χ1v) is 11.9. The van der Waals surface area contributed by atoms with Crippen molar-refractivity contribution in [2.24, 2.45) is 0 Å². The molecule has 2 aromatic rings.